The quantitative estimate of drug-likeness (QED) is 0.349. The molecule has 0 spiro atoms. The molecule has 1 aliphatic carbocycles. The fourth-order valence-corrected chi connectivity index (χ4v) is 5.66. The second-order valence-corrected chi connectivity index (χ2v) is 8.79. The van der Waals surface area contributed by atoms with Gasteiger partial charge in [0.25, 0.3) is 5.56 Å². The Morgan fingerprint density at radius 2 is 2.06 bits per heavy atom. The van der Waals surface area contributed by atoms with Crippen LogP contribution >= 0.6 is 0 Å². The van der Waals surface area contributed by atoms with E-state index in [4.69, 9.17) is 9.72 Å². The lowest BCUT2D eigenvalue weighted by Gasteiger charge is -2.25. The van der Waals surface area contributed by atoms with Gasteiger partial charge in [-0.15, -0.1) is 0 Å². The predicted molar refractivity (Wildman–Crippen MR) is 115 cm³/mol. The lowest BCUT2D eigenvalue weighted by atomic mass is 9.82. The Bertz CT molecular complexity index is 1440. The van der Waals surface area contributed by atoms with Gasteiger partial charge in [-0.25, -0.2) is 9.37 Å². The molecule has 0 radical (unpaired) electrons. The Balaban J connectivity index is 1.70. The molecule has 2 atom stereocenters. The SMILES string of the molecule is CC[C@H]1C(=O)OCc2c1cc1n(c2=O)Cc2c-1nc1cc(F)c(C)c3c1c2[C@@H](N=O)CC3. The lowest BCUT2D eigenvalue weighted by Crippen LogP contribution is -2.32. The molecule has 32 heavy (non-hydrogen) atoms. The zero-order valence-electron chi connectivity index (χ0n) is 17.7. The van der Waals surface area contributed by atoms with E-state index < -0.39 is 12.0 Å². The molecule has 3 aromatic rings. The number of nitrogens with zero attached hydrogens (tertiary/aromatic N) is 3. The van der Waals surface area contributed by atoms with Crippen molar-refractivity contribution in [3.63, 3.8) is 0 Å². The van der Waals surface area contributed by atoms with Crippen LogP contribution in [-0.2, 0) is 29.1 Å². The number of hydrogen-bond donors (Lipinski definition) is 0. The second kappa shape index (κ2) is 6.54. The van der Waals surface area contributed by atoms with Crippen LogP contribution in [0.15, 0.2) is 22.1 Å². The molecule has 8 heteroatoms. The van der Waals surface area contributed by atoms with Crippen LogP contribution in [0.25, 0.3) is 22.3 Å². The monoisotopic (exact) mass is 433 g/mol. The van der Waals surface area contributed by atoms with Crippen LogP contribution in [0.5, 0.6) is 0 Å². The number of carbonyl (C=O) groups is 1. The molecule has 0 unspecified atom stereocenters. The van der Waals surface area contributed by atoms with Gasteiger partial charge < -0.3 is 9.30 Å². The average Bonchev–Trinajstić information content (AvgIpc) is 3.16. The van der Waals surface area contributed by atoms with E-state index in [0.717, 1.165) is 22.1 Å². The third-order valence-electron chi connectivity index (χ3n) is 7.29. The third-order valence-corrected chi connectivity index (χ3v) is 7.29. The average molecular weight is 433 g/mol. The van der Waals surface area contributed by atoms with Gasteiger partial charge in [0.2, 0.25) is 0 Å². The number of halogens is 1. The van der Waals surface area contributed by atoms with Crippen LogP contribution in [0.4, 0.5) is 4.39 Å². The van der Waals surface area contributed by atoms with Gasteiger partial charge in [-0.2, -0.15) is 4.91 Å². The van der Waals surface area contributed by atoms with Gasteiger partial charge in [-0.05, 0) is 54.5 Å². The summed E-state index contributed by atoms with van der Waals surface area (Å²) in [6.07, 6.45) is 1.57. The second-order valence-electron chi connectivity index (χ2n) is 8.79. The molecular formula is C24H20FN3O4. The van der Waals surface area contributed by atoms with Crippen molar-refractivity contribution in [2.75, 3.05) is 0 Å². The molecule has 2 aromatic heterocycles. The summed E-state index contributed by atoms with van der Waals surface area (Å²) >= 11 is 0. The number of carbonyl (C=O) groups excluding carboxylic acids is 1. The highest BCUT2D eigenvalue weighted by Gasteiger charge is 2.37. The van der Waals surface area contributed by atoms with E-state index in [-0.39, 0.29) is 30.5 Å². The topological polar surface area (TPSA) is 90.6 Å². The maximum Gasteiger partial charge on any atom is 0.313 e. The van der Waals surface area contributed by atoms with Gasteiger partial charge in [-0.1, -0.05) is 12.1 Å². The molecule has 4 heterocycles. The first-order valence-corrected chi connectivity index (χ1v) is 10.8. The number of aryl methyl sites for hydroxylation is 1. The predicted octanol–water partition coefficient (Wildman–Crippen LogP) is 4.18. The van der Waals surface area contributed by atoms with E-state index in [2.05, 4.69) is 5.18 Å². The van der Waals surface area contributed by atoms with Crippen molar-refractivity contribution < 1.29 is 13.9 Å². The Morgan fingerprint density at radius 3 is 2.81 bits per heavy atom. The minimum Gasteiger partial charge on any atom is -0.460 e. The van der Waals surface area contributed by atoms with Gasteiger partial charge in [0.1, 0.15) is 18.5 Å². The van der Waals surface area contributed by atoms with E-state index in [1.54, 1.807) is 11.5 Å². The van der Waals surface area contributed by atoms with Crippen LogP contribution in [0.2, 0.25) is 0 Å². The fraction of sp³-hybridized carbons (Fsp3) is 0.375. The van der Waals surface area contributed by atoms with Gasteiger partial charge in [0.15, 0.2) is 0 Å². The van der Waals surface area contributed by atoms with E-state index in [1.807, 2.05) is 13.0 Å². The standard InChI is InChI=1S/C24H20FN3O4/c1-3-11-13-6-19-22-14(8-28(19)23(29)15(13)9-32-24(11)30)21-17(27-31)5-4-12-10(2)16(25)7-18(26-22)20(12)21/h6-7,11,17H,3-5,8-9H2,1-2H3/t11-,17+/m1/s1. The first-order valence-electron chi connectivity index (χ1n) is 10.8. The molecule has 6 rings (SSSR count). The van der Waals surface area contributed by atoms with E-state index in [0.29, 0.717) is 52.9 Å². The Hall–Kier alpha value is -3.42. The number of aromatic nitrogens is 2. The van der Waals surface area contributed by atoms with Gasteiger partial charge in [0.05, 0.1) is 34.9 Å². The van der Waals surface area contributed by atoms with Gasteiger partial charge >= 0.3 is 5.97 Å². The zero-order chi connectivity index (χ0) is 22.3. The number of nitroso groups, excluding NO2 is 1. The van der Waals surface area contributed by atoms with E-state index in [1.165, 1.54) is 6.07 Å². The van der Waals surface area contributed by atoms with Crippen LogP contribution in [-0.4, -0.2) is 15.5 Å². The summed E-state index contributed by atoms with van der Waals surface area (Å²) in [6, 6.07) is 2.68. The summed E-state index contributed by atoms with van der Waals surface area (Å²) in [5.41, 5.74) is 5.52. The summed E-state index contributed by atoms with van der Waals surface area (Å²) in [5, 5.41) is 4.16. The smallest absolute Gasteiger partial charge is 0.313 e. The summed E-state index contributed by atoms with van der Waals surface area (Å²) in [5.74, 6) is -1.18. The molecule has 0 saturated heterocycles. The molecule has 0 N–H and O–H groups in total. The van der Waals surface area contributed by atoms with Crippen molar-refractivity contribution in [1.29, 1.82) is 0 Å². The number of cyclic esters (lactones) is 1. The van der Waals surface area contributed by atoms with Crippen LogP contribution in [0.3, 0.4) is 0 Å². The molecule has 7 nitrogen and oxygen atoms in total. The Labute approximate surface area is 182 Å². The molecule has 0 bridgehead atoms. The Kier molecular flexibility index (Phi) is 3.94. The van der Waals surface area contributed by atoms with Crippen molar-refractivity contribution in [2.24, 2.45) is 5.18 Å². The third kappa shape index (κ3) is 2.32. The molecular weight excluding hydrogens is 413 g/mol. The maximum absolute atomic E-state index is 14.7. The fourth-order valence-electron chi connectivity index (χ4n) is 5.66. The van der Waals surface area contributed by atoms with Crippen LogP contribution < -0.4 is 5.56 Å². The number of esters is 1. The van der Waals surface area contributed by atoms with Crippen molar-refractivity contribution in [3.05, 3.63) is 66.6 Å². The number of benzene rings is 1. The molecule has 1 aromatic carbocycles. The highest BCUT2D eigenvalue weighted by Crippen LogP contribution is 2.46. The number of ether oxygens (including phenoxy) is 1. The highest BCUT2D eigenvalue weighted by atomic mass is 19.1. The largest absolute Gasteiger partial charge is 0.460 e. The minimum atomic E-state index is -0.570. The van der Waals surface area contributed by atoms with Crippen molar-refractivity contribution in [3.8, 4) is 11.4 Å². The molecule has 0 fully saturated rings. The first kappa shape index (κ1) is 19.3. The maximum atomic E-state index is 14.7. The summed E-state index contributed by atoms with van der Waals surface area (Å²) < 4.78 is 21.6. The van der Waals surface area contributed by atoms with Crippen molar-refractivity contribution in [2.45, 2.75) is 58.2 Å². The normalized spacial score (nSPS) is 20.5. The van der Waals surface area contributed by atoms with Crippen LogP contribution in [0, 0.1) is 17.6 Å². The number of rotatable bonds is 2. The zero-order valence-corrected chi connectivity index (χ0v) is 17.7. The molecule has 0 saturated carbocycles. The van der Waals surface area contributed by atoms with Crippen molar-refractivity contribution >= 4 is 16.9 Å². The molecule has 162 valence electrons. The summed E-state index contributed by atoms with van der Waals surface area (Å²) in [7, 11) is 0. The van der Waals surface area contributed by atoms with Crippen molar-refractivity contribution in [1.82, 2.24) is 9.55 Å². The summed E-state index contributed by atoms with van der Waals surface area (Å²) in [6.45, 7) is 3.84. The highest BCUT2D eigenvalue weighted by molar-refractivity contribution is 5.93. The Morgan fingerprint density at radius 1 is 1.25 bits per heavy atom. The molecule has 0 amide bonds. The van der Waals surface area contributed by atoms with E-state index >= 15 is 0 Å². The number of hydrogen-bond acceptors (Lipinski definition) is 6. The van der Waals surface area contributed by atoms with Crippen LogP contribution in [0.1, 0.15) is 65.1 Å². The lowest BCUT2D eigenvalue weighted by molar-refractivity contribution is -0.148. The molecule has 2 aliphatic heterocycles. The van der Waals surface area contributed by atoms with Gasteiger partial charge in [-0.3, -0.25) is 9.59 Å². The molecule has 3 aliphatic rings. The first-order chi connectivity index (χ1) is 15.4. The van der Waals surface area contributed by atoms with E-state index in [9.17, 15) is 18.9 Å². The number of fused-ring (bicyclic) bond motifs is 5. The minimum absolute atomic E-state index is 0.0462. The summed E-state index contributed by atoms with van der Waals surface area (Å²) in [4.78, 5) is 42.2. The number of pyridine rings is 2. The van der Waals surface area contributed by atoms with Gasteiger partial charge in [0, 0.05) is 17.0 Å².